The maximum absolute atomic E-state index is 10.7. The Hall–Kier alpha value is -2.14. The van der Waals surface area contributed by atoms with Gasteiger partial charge < -0.3 is 10.2 Å². The smallest absolute Gasteiger partial charge is 0.317 e. The van der Waals surface area contributed by atoms with Gasteiger partial charge in [0.25, 0.3) is 0 Å². The summed E-state index contributed by atoms with van der Waals surface area (Å²) in [6.07, 6.45) is 1.68. The minimum Gasteiger partial charge on any atom is -0.480 e. The van der Waals surface area contributed by atoms with Crippen molar-refractivity contribution in [3.63, 3.8) is 0 Å². The molecule has 18 heavy (non-hydrogen) atoms. The zero-order chi connectivity index (χ0) is 13.5. The van der Waals surface area contributed by atoms with Crippen molar-refractivity contribution >= 4 is 18.0 Å². The van der Waals surface area contributed by atoms with Crippen LogP contribution in [0.5, 0.6) is 0 Å². The van der Waals surface area contributed by atoms with E-state index >= 15 is 0 Å². The quantitative estimate of drug-likeness (QED) is 0.761. The molecule has 1 aromatic carbocycles. The second kappa shape index (κ2) is 6.56. The van der Waals surface area contributed by atoms with E-state index in [1.165, 1.54) is 4.90 Å². The van der Waals surface area contributed by atoms with Gasteiger partial charge in [-0.2, -0.15) is 0 Å². The Kier molecular flexibility index (Phi) is 5.07. The van der Waals surface area contributed by atoms with Gasteiger partial charge in [0.1, 0.15) is 0 Å². The third kappa shape index (κ3) is 4.80. The first-order valence-corrected chi connectivity index (χ1v) is 5.38. The van der Waals surface area contributed by atoms with Crippen molar-refractivity contribution in [2.24, 2.45) is 0 Å². The molecule has 0 aliphatic rings. The topological polar surface area (TPSA) is 77.8 Å². The highest BCUT2D eigenvalue weighted by atomic mass is 16.4. The number of carbonyl (C=O) groups is 2. The van der Waals surface area contributed by atoms with Crippen LogP contribution in [0.4, 0.5) is 0 Å². The Morgan fingerprint density at radius 2 is 1.83 bits per heavy atom. The molecule has 1 aromatic rings. The van der Waals surface area contributed by atoms with Gasteiger partial charge in [-0.1, -0.05) is 36.9 Å². The summed E-state index contributed by atoms with van der Waals surface area (Å²) in [6.45, 7) is 3.32. The van der Waals surface area contributed by atoms with Crippen LogP contribution in [0.2, 0.25) is 0 Å². The van der Waals surface area contributed by atoms with Crippen molar-refractivity contribution < 1.29 is 19.8 Å². The summed E-state index contributed by atoms with van der Waals surface area (Å²) >= 11 is 0. The number of hydrogen-bond acceptors (Lipinski definition) is 3. The lowest BCUT2D eigenvalue weighted by Gasteiger charge is -2.18. The van der Waals surface area contributed by atoms with Crippen LogP contribution in [0, 0.1) is 0 Å². The molecule has 0 fully saturated rings. The Morgan fingerprint density at radius 1 is 1.22 bits per heavy atom. The molecule has 0 aromatic heterocycles. The molecule has 5 nitrogen and oxygen atoms in total. The third-order valence-electron chi connectivity index (χ3n) is 2.31. The summed E-state index contributed by atoms with van der Waals surface area (Å²) in [5.41, 5.74) is 1.77. The van der Waals surface area contributed by atoms with Crippen molar-refractivity contribution in [1.29, 1.82) is 0 Å². The maximum Gasteiger partial charge on any atom is 0.317 e. The number of hydrogen-bond donors (Lipinski definition) is 2. The van der Waals surface area contributed by atoms with Gasteiger partial charge in [0.15, 0.2) is 0 Å². The number of nitrogens with zero attached hydrogens (tertiary/aromatic N) is 1. The van der Waals surface area contributed by atoms with Crippen molar-refractivity contribution in [1.82, 2.24) is 4.90 Å². The van der Waals surface area contributed by atoms with Crippen LogP contribution in [0.25, 0.3) is 6.08 Å². The summed E-state index contributed by atoms with van der Waals surface area (Å²) in [7, 11) is 0. The average molecular weight is 249 g/mol. The van der Waals surface area contributed by atoms with Gasteiger partial charge in [-0.05, 0) is 11.1 Å². The molecule has 0 heterocycles. The highest BCUT2D eigenvalue weighted by Crippen LogP contribution is 2.09. The summed E-state index contributed by atoms with van der Waals surface area (Å²) in [4.78, 5) is 22.7. The Bertz CT molecular complexity index is 440. The first kappa shape index (κ1) is 13.9. The van der Waals surface area contributed by atoms with Crippen molar-refractivity contribution in [3.8, 4) is 0 Å². The lowest BCUT2D eigenvalue weighted by molar-refractivity contribution is -0.142. The van der Waals surface area contributed by atoms with E-state index in [1.54, 1.807) is 6.08 Å². The molecular weight excluding hydrogens is 234 g/mol. The molecule has 0 atom stereocenters. The van der Waals surface area contributed by atoms with Crippen molar-refractivity contribution in [3.05, 3.63) is 42.0 Å². The molecule has 0 aliphatic carbocycles. The Morgan fingerprint density at radius 3 is 2.33 bits per heavy atom. The van der Waals surface area contributed by atoms with E-state index in [9.17, 15) is 9.59 Å². The van der Waals surface area contributed by atoms with Crippen molar-refractivity contribution in [2.45, 2.75) is 6.54 Å². The van der Waals surface area contributed by atoms with Crippen LogP contribution in [0.15, 0.2) is 30.8 Å². The lowest BCUT2D eigenvalue weighted by atomic mass is 10.1. The Labute approximate surface area is 105 Å². The molecule has 0 saturated carbocycles. The number of rotatable bonds is 7. The predicted molar refractivity (Wildman–Crippen MR) is 67.1 cm³/mol. The second-order valence-corrected chi connectivity index (χ2v) is 3.88. The first-order chi connectivity index (χ1) is 8.51. The minimum atomic E-state index is -1.05. The third-order valence-corrected chi connectivity index (χ3v) is 2.31. The van der Waals surface area contributed by atoms with E-state index in [0.717, 1.165) is 11.1 Å². The van der Waals surface area contributed by atoms with Gasteiger partial charge in [-0.15, -0.1) is 0 Å². The fraction of sp³-hybridized carbons (Fsp3) is 0.231. The standard InChI is InChI=1S/C13H15NO4/c1-2-10-4-3-5-11(6-10)7-14(8-12(15)16)9-13(17)18/h2-6H,1,7-9H2,(H,15,16)(H,17,18). The van der Waals surface area contributed by atoms with E-state index in [4.69, 9.17) is 10.2 Å². The molecule has 96 valence electrons. The van der Waals surface area contributed by atoms with Gasteiger partial charge in [0, 0.05) is 6.54 Å². The molecular formula is C13H15NO4. The Balaban J connectivity index is 2.77. The molecule has 0 spiro atoms. The van der Waals surface area contributed by atoms with Gasteiger partial charge in [0.05, 0.1) is 13.1 Å². The molecule has 0 amide bonds. The fourth-order valence-electron chi connectivity index (χ4n) is 1.63. The highest BCUT2D eigenvalue weighted by Gasteiger charge is 2.13. The van der Waals surface area contributed by atoms with E-state index in [2.05, 4.69) is 6.58 Å². The molecule has 0 saturated heterocycles. The largest absolute Gasteiger partial charge is 0.480 e. The van der Waals surface area contributed by atoms with Crippen LogP contribution < -0.4 is 0 Å². The molecule has 5 heteroatoms. The number of aliphatic carboxylic acids is 2. The number of benzene rings is 1. The highest BCUT2D eigenvalue weighted by molar-refractivity contribution is 5.72. The maximum atomic E-state index is 10.7. The van der Waals surface area contributed by atoms with Gasteiger partial charge in [0.2, 0.25) is 0 Å². The lowest BCUT2D eigenvalue weighted by Crippen LogP contribution is -2.33. The molecule has 2 N–H and O–H groups in total. The van der Waals surface area contributed by atoms with Gasteiger partial charge >= 0.3 is 11.9 Å². The molecule has 0 unspecified atom stereocenters. The summed E-state index contributed by atoms with van der Waals surface area (Å²) < 4.78 is 0. The van der Waals surface area contributed by atoms with E-state index in [1.807, 2.05) is 24.3 Å². The molecule has 0 bridgehead atoms. The first-order valence-electron chi connectivity index (χ1n) is 5.38. The molecule has 1 rings (SSSR count). The van der Waals surface area contributed by atoms with E-state index < -0.39 is 11.9 Å². The van der Waals surface area contributed by atoms with Crippen LogP contribution in [-0.4, -0.2) is 40.1 Å². The summed E-state index contributed by atoms with van der Waals surface area (Å²) in [6, 6.07) is 7.37. The number of carboxylic acids is 2. The normalized spacial score (nSPS) is 10.3. The minimum absolute atomic E-state index is 0.278. The zero-order valence-corrected chi connectivity index (χ0v) is 9.87. The zero-order valence-electron chi connectivity index (χ0n) is 9.87. The van der Waals surface area contributed by atoms with Crippen molar-refractivity contribution in [2.75, 3.05) is 13.1 Å². The summed E-state index contributed by atoms with van der Waals surface area (Å²) in [5.74, 6) is -2.09. The average Bonchev–Trinajstić information content (AvgIpc) is 2.27. The van der Waals surface area contributed by atoms with Gasteiger partial charge in [-0.25, -0.2) is 0 Å². The molecule has 0 radical (unpaired) electrons. The number of carboxylic acid groups (broad SMARTS) is 2. The van der Waals surface area contributed by atoms with Gasteiger partial charge in [-0.3, -0.25) is 14.5 Å². The van der Waals surface area contributed by atoms with Crippen LogP contribution in [-0.2, 0) is 16.1 Å². The van der Waals surface area contributed by atoms with Crippen LogP contribution in [0.3, 0.4) is 0 Å². The van der Waals surface area contributed by atoms with E-state index in [0.29, 0.717) is 0 Å². The monoisotopic (exact) mass is 249 g/mol. The second-order valence-electron chi connectivity index (χ2n) is 3.88. The molecule has 0 aliphatic heterocycles. The van der Waals surface area contributed by atoms with E-state index in [-0.39, 0.29) is 19.6 Å². The van der Waals surface area contributed by atoms with Crippen LogP contribution in [0.1, 0.15) is 11.1 Å². The SMILES string of the molecule is C=Cc1cccc(CN(CC(=O)O)CC(=O)O)c1. The summed E-state index contributed by atoms with van der Waals surface area (Å²) in [5, 5.41) is 17.4. The van der Waals surface area contributed by atoms with Crippen LogP contribution >= 0.6 is 0 Å². The fourth-order valence-corrected chi connectivity index (χ4v) is 1.63. The predicted octanol–water partition coefficient (Wildman–Crippen LogP) is 1.30.